The molecule has 1 aliphatic heterocycles. The highest BCUT2D eigenvalue weighted by molar-refractivity contribution is 5.82. The molecule has 118 valence electrons. The van der Waals surface area contributed by atoms with Crippen molar-refractivity contribution in [3.05, 3.63) is 54.4 Å². The molecule has 1 aromatic heterocycles. The third kappa shape index (κ3) is 2.99. The van der Waals surface area contributed by atoms with Gasteiger partial charge in [0.2, 0.25) is 6.10 Å². The predicted octanol–water partition coefficient (Wildman–Crippen LogP) is 2.41. The summed E-state index contributed by atoms with van der Waals surface area (Å²) in [6.45, 7) is 0.771. The quantitative estimate of drug-likeness (QED) is 0.870. The SMILES string of the molecule is O=C(C1COc2ccccc2O1)N(Cc1ccccn1)C1CC1. The number of nitrogens with zero attached hydrogens (tertiary/aromatic N) is 2. The standard InChI is InChI=1S/C18H18N2O3/c21-18(17-12-22-15-6-1-2-7-16(15)23-17)20(14-8-9-14)11-13-5-3-4-10-19-13/h1-7,10,14,17H,8-9,11-12H2. The van der Waals surface area contributed by atoms with E-state index in [2.05, 4.69) is 4.98 Å². The molecule has 1 aliphatic carbocycles. The van der Waals surface area contributed by atoms with E-state index in [1.807, 2.05) is 47.4 Å². The molecule has 4 rings (SSSR count). The molecule has 2 aromatic rings. The molecule has 0 N–H and O–H groups in total. The predicted molar refractivity (Wildman–Crippen MR) is 84.2 cm³/mol. The number of hydrogen-bond donors (Lipinski definition) is 0. The van der Waals surface area contributed by atoms with E-state index in [0.717, 1.165) is 18.5 Å². The lowest BCUT2D eigenvalue weighted by Gasteiger charge is -2.30. The van der Waals surface area contributed by atoms with Gasteiger partial charge in [-0.05, 0) is 37.1 Å². The number of carbonyl (C=O) groups excluding carboxylic acids is 1. The Hall–Kier alpha value is -2.56. The normalized spacial score (nSPS) is 19.2. The van der Waals surface area contributed by atoms with Crippen LogP contribution in [0.3, 0.4) is 0 Å². The summed E-state index contributed by atoms with van der Waals surface area (Å²) in [5, 5.41) is 0. The first kappa shape index (κ1) is 14.1. The Bertz CT molecular complexity index is 700. The molecule has 23 heavy (non-hydrogen) atoms. The summed E-state index contributed by atoms with van der Waals surface area (Å²) >= 11 is 0. The molecular weight excluding hydrogens is 292 g/mol. The van der Waals surface area contributed by atoms with Crippen molar-refractivity contribution < 1.29 is 14.3 Å². The fourth-order valence-corrected chi connectivity index (χ4v) is 2.77. The van der Waals surface area contributed by atoms with Crippen LogP contribution in [0.1, 0.15) is 18.5 Å². The van der Waals surface area contributed by atoms with Crippen LogP contribution < -0.4 is 9.47 Å². The largest absolute Gasteiger partial charge is 0.485 e. The fourth-order valence-electron chi connectivity index (χ4n) is 2.77. The average Bonchev–Trinajstić information content (AvgIpc) is 3.44. The maximum absolute atomic E-state index is 12.9. The van der Waals surface area contributed by atoms with Gasteiger partial charge in [0.25, 0.3) is 5.91 Å². The van der Waals surface area contributed by atoms with Crippen molar-refractivity contribution in [2.75, 3.05) is 6.61 Å². The van der Waals surface area contributed by atoms with Gasteiger partial charge in [0.15, 0.2) is 11.5 Å². The number of benzene rings is 1. The molecule has 0 spiro atoms. The Labute approximate surface area is 134 Å². The smallest absolute Gasteiger partial charge is 0.267 e. The zero-order chi connectivity index (χ0) is 15.6. The van der Waals surface area contributed by atoms with Crippen LogP contribution in [0.4, 0.5) is 0 Å². The lowest BCUT2D eigenvalue weighted by atomic mass is 10.2. The van der Waals surface area contributed by atoms with Crippen LogP contribution in [0.5, 0.6) is 11.5 Å². The Morgan fingerprint density at radius 1 is 1.13 bits per heavy atom. The van der Waals surface area contributed by atoms with Crippen molar-refractivity contribution in [1.29, 1.82) is 0 Å². The molecule has 2 heterocycles. The van der Waals surface area contributed by atoms with Crippen LogP contribution in [0.2, 0.25) is 0 Å². The molecule has 1 fully saturated rings. The van der Waals surface area contributed by atoms with Gasteiger partial charge < -0.3 is 14.4 Å². The van der Waals surface area contributed by atoms with Crippen molar-refractivity contribution in [3.8, 4) is 11.5 Å². The van der Waals surface area contributed by atoms with Gasteiger partial charge in [-0.1, -0.05) is 18.2 Å². The zero-order valence-corrected chi connectivity index (χ0v) is 12.7. The lowest BCUT2D eigenvalue weighted by molar-refractivity contribution is -0.142. The average molecular weight is 310 g/mol. The van der Waals surface area contributed by atoms with Gasteiger partial charge in [-0.15, -0.1) is 0 Å². The number of carbonyl (C=O) groups is 1. The summed E-state index contributed by atoms with van der Waals surface area (Å²) in [7, 11) is 0. The number of amides is 1. The van der Waals surface area contributed by atoms with Gasteiger partial charge in [0, 0.05) is 12.2 Å². The van der Waals surface area contributed by atoms with E-state index >= 15 is 0 Å². The zero-order valence-electron chi connectivity index (χ0n) is 12.7. The van der Waals surface area contributed by atoms with Crippen LogP contribution in [0, 0.1) is 0 Å². The maximum atomic E-state index is 12.9. The molecular formula is C18H18N2O3. The van der Waals surface area contributed by atoms with E-state index in [1.54, 1.807) is 6.20 Å². The number of fused-ring (bicyclic) bond motifs is 1. The van der Waals surface area contributed by atoms with Gasteiger partial charge in [0.05, 0.1) is 12.2 Å². The number of rotatable bonds is 4. The minimum atomic E-state index is -0.589. The van der Waals surface area contributed by atoms with Gasteiger partial charge in [-0.25, -0.2) is 0 Å². The van der Waals surface area contributed by atoms with Crippen LogP contribution in [-0.4, -0.2) is 34.5 Å². The summed E-state index contributed by atoms with van der Waals surface area (Å²) < 4.78 is 11.5. The van der Waals surface area contributed by atoms with Crippen LogP contribution in [-0.2, 0) is 11.3 Å². The second-order valence-electron chi connectivity index (χ2n) is 5.88. The summed E-state index contributed by atoms with van der Waals surface area (Å²) in [5.41, 5.74) is 0.893. The summed E-state index contributed by atoms with van der Waals surface area (Å²) in [4.78, 5) is 19.1. The monoisotopic (exact) mass is 310 g/mol. The molecule has 0 saturated heterocycles. The molecule has 0 bridgehead atoms. The highest BCUT2D eigenvalue weighted by Crippen LogP contribution is 2.33. The van der Waals surface area contributed by atoms with E-state index in [0.29, 0.717) is 24.1 Å². The topological polar surface area (TPSA) is 51.7 Å². The van der Waals surface area contributed by atoms with Gasteiger partial charge in [-0.3, -0.25) is 9.78 Å². The first-order valence-corrected chi connectivity index (χ1v) is 7.90. The van der Waals surface area contributed by atoms with Crippen molar-refractivity contribution in [2.45, 2.75) is 31.5 Å². The number of ether oxygens (including phenoxy) is 2. The number of aromatic nitrogens is 1. The van der Waals surface area contributed by atoms with Gasteiger partial charge in [0.1, 0.15) is 6.61 Å². The molecule has 1 amide bonds. The molecule has 1 saturated carbocycles. The van der Waals surface area contributed by atoms with E-state index in [9.17, 15) is 4.79 Å². The fraction of sp³-hybridized carbons (Fsp3) is 0.333. The minimum absolute atomic E-state index is 0.0207. The van der Waals surface area contributed by atoms with Gasteiger partial charge >= 0.3 is 0 Å². The Kier molecular flexibility index (Phi) is 3.61. The van der Waals surface area contributed by atoms with E-state index in [-0.39, 0.29) is 12.5 Å². The van der Waals surface area contributed by atoms with E-state index < -0.39 is 6.10 Å². The van der Waals surface area contributed by atoms with E-state index in [4.69, 9.17) is 9.47 Å². The molecule has 1 atom stereocenters. The maximum Gasteiger partial charge on any atom is 0.267 e. The summed E-state index contributed by atoms with van der Waals surface area (Å²) in [6.07, 6.45) is 3.25. The Morgan fingerprint density at radius 3 is 2.65 bits per heavy atom. The van der Waals surface area contributed by atoms with Crippen molar-refractivity contribution in [1.82, 2.24) is 9.88 Å². The highest BCUT2D eigenvalue weighted by atomic mass is 16.6. The molecule has 5 heteroatoms. The molecule has 0 radical (unpaired) electrons. The highest BCUT2D eigenvalue weighted by Gasteiger charge is 2.38. The summed E-state index contributed by atoms with van der Waals surface area (Å²) in [5.74, 6) is 1.30. The number of para-hydroxylation sites is 2. The number of pyridine rings is 1. The van der Waals surface area contributed by atoms with Crippen LogP contribution in [0.25, 0.3) is 0 Å². The minimum Gasteiger partial charge on any atom is -0.485 e. The van der Waals surface area contributed by atoms with E-state index in [1.165, 1.54) is 0 Å². The first-order valence-electron chi connectivity index (χ1n) is 7.90. The third-order valence-corrected chi connectivity index (χ3v) is 4.11. The van der Waals surface area contributed by atoms with Crippen molar-refractivity contribution in [2.24, 2.45) is 0 Å². The Morgan fingerprint density at radius 2 is 1.91 bits per heavy atom. The lowest BCUT2D eigenvalue weighted by Crippen LogP contribution is -2.47. The molecule has 1 unspecified atom stereocenters. The van der Waals surface area contributed by atoms with Gasteiger partial charge in [-0.2, -0.15) is 0 Å². The second-order valence-corrected chi connectivity index (χ2v) is 5.88. The number of hydrogen-bond acceptors (Lipinski definition) is 4. The molecule has 1 aromatic carbocycles. The van der Waals surface area contributed by atoms with Crippen LogP contribution in [0.15, 0.2) is 48.7 Å². The Balaban J connectivity index is 1.50. The third-order valence-electron chi connectivity index (χ3n) is 4.11. The second kappa shape index (κ2) is 5.91. The van der Waals surface area contributed by atoms with Crippen molar-refractivity contribution >= 4 is 5.91 Å². The molecule has 5 nitrogen and oxygen atoms in total. The van der Waals surface area contributed by atoms with Crippen LogP contribution >= 0.6 is 0 Å². The summed E-state index contributed by atoms with van der Waals surface area (Å²) in [6, 6.07) is 13.5. The molecule has 2 aliphatic rings. The van der Waals surface area contributed by atoms with Crippen molar-refractivity contribution in [3.63, 3.8) is 0 Å². The first-order chi connectivity index (χ1) is 11.3.